The highest BCUT2D eigenvalue weighted by Crippen LogP contribution is 2.30. The first-order valence-corrected chi connectivity index (χ1v) is 9.52. The summed E-state index contributed by atoms with van der Waals surface area (Å²) >= 11 is 0. The van der Waals surface area contributed by atoms with Crippen LogP contribution in [0.3, 0.4) is 0 Å². The van der Waals surface area contributed by atoms with Crippen LogP contribution >= 0.6 is 0 Å². The number of aldehydes is 1. The maximum absolute atomic E-state index is 12.2. The number of carbonyl (C=O) groups excluding carboxylic acids is 1. The zero-order chi connectivity index (χ0) is 20.9. The van der Waals surface area contributed by atoms with Crippen molar-refractivity contribution in [2.75, 3.05) is 23.6 Å². The Labute approximate surface area is 175 Å². The van der Waals surface area contributed by atoms with Crippen LogP contribution in [0.4, 0.5) is 11.4 Å². The third kappa shape index (κ3) is 3.61. The predicted octanol–water partition coefficient (Wildman–Crippen LogP) is 3.82. The van der Waals surface area contributed by atoms with Crippen molar-refractivity contribution in [2.24, 2.45) is 5.10 Å². The molecular weight excluding hydrogens is 376 g/mol. The van der Waals surface area contributed by atoms with Crippen LogP contribution < -0.4 is 14.6 Å². The molecule has 1 unspecified atom stereocenters. The van der Waals surface area contributed by atoms with Crippen LogP contribution in [0.2, 0.25) is 0 Å². The topological polar surface area (TPSA) is 68.9 Å². The highest BCUT2D eigenvalue weighted by Gasteiger charge is 2.33. The summed E-state index contributed by atoms with van der Waals surface area (Å²) in [5, 5.41) is 16.1. The minimum absolute atomic E-state index is 0.374. The van der Waals surface area contributed by atoms with Gasteiger partial charge in [-0.25, -0.2) is 5.01 Å². The first-order chi connectivity index (χ1) is 14.7. The molecule has 0 amide bonds. The maximum Gasteiger partial charge on any atom is 0.180 e. The van der Waals surface area contributed by atoms with Crippen LogP contribution in [0.1, 0.15) is 11.1 Å². The van der Waals surface area contributed by atoms with E-state index in [0.29, 0.717) is 17.8 Å². The molecular formula is C24H20N4O2. The van der Waals surface area contributed by atoms with Crippen molar-refractivity contribution < 1.29 is 9.53 Å². The molecule has 0 saturated heterocycles. The van der Waals surface area contributed by atoms with Gasteiger partial charge in [0.25, 0.3) is 0 Å². The number of rotatable bonds is 5. The second kappa shape index (κ2) is 8.50. The van der Waals surface area contributed by atoms with E-state index >= 15 is 0 Å². The number of nitriles is 1. The summed E-state index contributed by atoms with van der Waals surface area (Å²) in [4.78, 5) is 14.1. The monoisotopic (exact) mass is 396 g/mol. The molecule has 3 aromatic rings. The number of para-hydroxylation sites is 2. The molecule has 0 N–H and O–H groups in total. The van der Waals surface area contributed by atoms with Gasteiger partial charge in [-0.1, -0.05) is 42.5 Å². The molecule has 1 aliphatic heterocycles. The van der Waals surface area contributed by atoms with Crippen LogP contribution in [0, 0.1) is 11.3 Å². The van der Waals surface area contributed by atoms with Crippen molar-refractivity contribution in [3.05, 3.63) is 90.0 Å². The number of ether oxygens (including phenoxy) is 1. The lowest BCUT2D eigenvalue weighted by molar-refractivity contribution is -0.109. The number of hydrogen-bond donors (Lipinski definition) is 0. The fourth-order valence-electron chi connectivity index (χ4n) is 3.53. The van der Waals surface area contributed by atoms with Crippen molar-refractivity contribution in [2.45, 2.75) is 6.17 Å². The fraction of sp³-hybridized carbons (Fsp3) is 0.125. The Bertz CT molecular complexity index is 1120. The lowest BCUT2D eigenvalue weighted by Crippen LogP contribution is -2.54. The molecule has 0 spiro atoms. The lowest BCUT2D eigenvalue weighted by Gasteiger charge is -2.41. The van der Waals surface area contributed by atoms with E-state index in [2.05, 4.69) is 6.07 Å². The normalized spacial score (nSPS) is 15.9. The highest BCUT2D eigenvalue weighted by molar-refractivity contribution is 6.06. The summed E-state index contributed by atoms with van der Waals surface area (Å²) in [5.74, 6) is 0.725. The smallest absolute Gasteiger partial charge is 0.180 e. The molecule has 6 nitrogen and oxygen atoms in total. The van der Waals surface area contributed by atoms with Crippen LogP contribution in [-0.2, 0) is 4.79 Å². The summed E-state index contributed by atoms with van der Waals surface area (Å²) in [6.45, 7) is 0.374. The van der Waals surface area contributed by atoms with Gasteiger partial charge < -0.3 is 9.64 Å². The maximum atomic E-state index is 12.2. The quantitative estimate of drug-likeness (QED) is 0.613. The zero-order valence-electron chi connectivity index (χ0n) is 16.5. The number of nitrogens with zero attached hydrogens (tertiary/aromatic N) is 4. The number of carbonyl (C=O) groups is 1. The molecule has 3 aromatic carbocycles. The van der Waals surface area contributed by atoms with E-state index in [0.717, 1.165) is 29.0 Å². The molecule has 0 aromatic heterocycles. The van der Waals surface area contributed by atoms with Gasteiger partial charge in [0.05, 0.1) is 36.3 Å². The molecule has 30 heavy (non-hydrogen) atoms. The van der Waals surface area contributed by atoms with Crippen LogP contribution in [0.25, 0.3) is 0 Å². The second-order valence-corrected chi connectivity index (χ2v) is 6.77. The summed E-state index contributed by atoms with van der Waals surface area (Å²) in [7, 11) is 1.62. The Kier molecular flexibility index (Phi) is 5.44. The molecule has 4 rings (SSSR count). The fourth-order valence-corrected chi connectivity index (χ4v) is 3.53. The van der Waals surface area contributed by atoms with Gasteiger partial charge >= 0.3 is 0 Å². The lowest BCUT2D eigenvalue weighted by atomic mass is 10.1. The minimum Gasteiger partial charge on any atom is -0.497 e. The Morgan fingerprint density at radius 2 is 1.83 bits per heavy atom. The average molecular weight is 396 g/mol. The molecule has 1 atom stereocenters. The number of anilines is 2. The van der Waals surface area contributed by atoms with E-state index in [1.165, 1.54) is 0 Å². The third-order valence-electron chi connectivity index (χ3n) is 5.00. The van der Waals surface area contributed by atoms with Crippen molar-refractivity contribution in [1.29, 1.82) is 5.26 Å². The standard InChI is InChI=1S/C24H20N4O2/c1-30-21-12-7-9-18(14-21)22-16-27(23-13-6-5-8-19(23)15-25)24(17-29)28(26-22)20-10-3-2-4-11-20/h2-14,17,24H,16H2,1H3. The molecule has 0 saturated carbocycles. The highest BCUT2D eigenvalue weighted by atomic mass is 16.5. The Balaban J connectivity index is 1.87. The molecule has 0 bridgehead atoms. The van der Waals surface area contributed by atoms with Crippen LogP contribution in [-0.4, -0.2) is 31.8 Å². The van der Waals surface area contributed by atoms with Gasteiger partial charge in [-0.2, -0.15) is 10.4 Å². The Hall–Kier alpha value is -4.11. The van der Waals surface area contributed by atoms with Gasteiger partial charge in [0, 0.05) is 5.56 Å². The van der Waals surface area contributed by atoms with Gasteiger partial charge in [-0.15, -0.1) is 0 Å². The van der Waals surface area contributed by atoms with E-state index in [-0.39, 0.29) is 0 Å². The Morgan fingerprint density at radius 1 is 1.07 bits per heavy atom. The van der Waals surface area contributed by atoms with Gasteiger partial charge in [0.2, 0.25) is 0 Å². The number of hydrogen-bond acceptors (Lipinski definition) is 6. The van der Waals surface area contributed by atoms with Gasteiger partial charge in [0.15, 0.2) is 12.5 Å². The first kappa shape index (κ1) is 19.2. The Morgan fingerprint density at radius 3 is 2.57 bits per heavy atom. The summed E-state index contributed by atoms with van der Waals surface area (Å²) in [5.41, 5.74) is 3.63. The van der Waals surface area contributed by atoms with E-state index in [1.807, 2.05) is 77.7 Å². The van der Waals surface area contributed by atoms with Gasteiger partial charge in [0.1, 0.15) is 11.8 Å². The van der Waals surface area contributed by atoms with Crippen molar-refractivity contribution >= 4 is 23.4 Å². The largest absolute Gasteiger partial charge is 0.497 e. The minimum atomic E-state index is -0.684. The zero-order valence-corrected chi connectivity index (χ0v) is 16.5. The van der Waals surface area contributed by atoms with E-state index in [1.54, 1.807) is 18.2 Å². The van der Waals surface area contributed by atoms with Crippen molar-refractivity contribution in [3.63, 3.8) is 0 Å². The predicted molar refractivity (Wildman–Crippen MR) is 117 cm³/mol. The first-order valence-electron chi connectivity index (χ1n) is 9.52. The third-order valence-corrected chi connectivity index (χ3v) is 5.00. The number of methoxy groups -OCH3 is 1. The van der Waals surface area contributed by atoms with E-state index < -0.39 is 6.17 Å². The average Bonchev–Trinajstić information content (AvgIpc) is 2.83. The number of benzene rings is 3. The molecule has 148 valence electrons. The van der Waals surface area contributed by atoms with Gasteiger partial charge in [-0.05, 0) is 36.4 Å². The molecule has 1 aliphatic rings. The van der Waals surface area contributed by atoms with Gasteiger partial charge in [-0.3, -0.25) is 4.79 Å². The van der Waals surface area contributed by atoms with Crippen molar-refractivity contribution in [1.82, 2.24) is 0 Å². The molecule has 6 heteroatoms. The summed E-state index contributed by atoms with van der Waals surface area (Å²) in [6, 6.07) is 26.7. The van der Waals surface area contributed by atoms with Crippen molar-refractivity contribution in [3.8, 4) is 11.8 Å². The second-order valence-electron chi connectivity index (χ2n) is 6.77. The van der Waals surface area contributed by atoms with E-state index in [4.69, 9.17) is 9.84 Å². The van der Waals surface area contributed by atoms with Crippen LogP contribution in [0.15, 0.2) is 84.0 Å². The SMILES string of the molecule is COc1cccc(C2=NN(c3ccccc3)C(C=O)N(c3ccccc3C#N)C2)c1. The van der Waals surface area contributed by atoms with E-state index in [9.17, 15) is 10.1 Å². The molecule has 0 radical (unpaired) electrons. The molecule has 0 aliphatic carbocycles. The molecule has 0 fully saturated rings. The summed E-state index contributed by atoms with van der Waals surface area (Å²) < 4.78 is 5.37. The number of hydrazone groups is 1. The molecule has 1 heterocycles. The van der Waals surface area contributed by atoms with Crippen LogP contribution in [0.5, 0.6) is 5.75 Å². The summed E-state index contributed by atoms with van der Waals surface area (Å²) in [6.07, 6.45) is 0.170.